The highest BCUT2D eigenvalue weighted by molar-refractivity contribution is 6.09. The molecule has 0 saturated carbocycles. The van der Waals surface area contributed by atoms with E-state index in [1.54, 1.807) is 12.1 Å². The highest BCUT2D eigenvalue weighted by Crippen LogP contribution is 2.16. The lowest BCUT2D eigenvalue weighted by molar-refractivity contribution is 0.0342. The van der Waals surface area contributed by atoms with E-state index >= 15 is 0 Å². The number of morpholine rings is 1. The fourth-order valence-corrected chi connectivity index (χ4v) is 2.63. The summed E-state index contributed by atoms with van der Waals surface area (Å²) in [5.74, 6) is -2.28. The van der Waals surface area contributed by atoms with Gasteiger partial charge in [0, 0.05) is 30.8 Å². The molecule has 1 aliphatic rings. The van der Waals surface area contributed by atoms with E-state index in [4.69, 9.17) is 4.74 Å². The average Bonchev–Trinajstić information content (AvgIpc) is 2.58. The van der Waals surface area contributed by atoms with Crippen molar-refractivity contribution >= 4 is 5.78 Å². The number of ketones is 1. The lowest BCUT2D eigenvalue weighted by Gasteiger charge is -2.26. The largest absolute Gasteiger partial charge is 0.379 e. The third-order valence-corrected chi connectivity index (χ3v) is 3.88. The summed E-state index contributed by atoms with van der Waals surface area (Å²) < 4.78 is 31.6. The summed E-state index contributed by atoms with van der Waals surface area (Å²) in [6.45, 7) is 3.89. The van der Waals surface area contributed by atoms with Crippen LogP contribution in [0.2, 0.25) is 0 Å². The van der Waals surface area contributed by atoms with E-state index in [9.17, 15) is 13.6 Å². The Kier molecular flexibility index (Phi) is 4.79. The third kappa shape index (κ3) is 3.81. The second-order valence-electron chi connectivity index (χ2n) is 5.55. The zero-order chi connectivity index (χ0) is 16.2. The summed E-state index contributed by atoms with van der Waals surface area (Å²) >= 11 is 0. The minimum absolute atomic E-state index is 0.146. The monoisotopic (exact) mass is 317 g/mol. The van der Waals surface area contributed by atoms with Crippen molar-refractivity contribution in [2.75, 3.05) is 26.3 Å². The molecule has 0 unspecified atom stereocenters. The molecule has 1 heterocycles. The Labute approximate surface area is 133 Å². The van der Waals surface area contributed by atoms with Gasteiger partial charge in [-0.25, -0.2) is 8.78 Å². The van der Waals surface area contributed by atoms with Crippen molar-refractivity contribution in [2.24, 2.45) is 0 Å². The van der Waals surface area contributed by atoms with Gasteiger partial charge in [-0.3, -0.25) is 9.69 Å². The van der Waals surface area contributed by atoms with E-state index in [0.29, 0.717) is 18.8 Å². The minimum atomic E-state index is -1.01. The molecule has 3 nitrogen and oxygen atoms in total. The van der Waals surface area contributed by atoms with Crippen molar-refractivity contribution in [1.29, 1.82) is 0 Å². The van der Waals surface area contributed by atoms with Crippen LogP contribution in [0.1, 0.15) is 21.5 Å². The van der Waals surface area contributed by atoms with Crippen LogP contribution in [-0.2, 0) is 11.3 Å². The fourth-order valence-electron chi connectivity index (χ4n) is 2.63. The number of rotatable bonds is 4. The molecular formula is C18H17F2NO2. The molecule has 0 atom stereocenters. The van der Waals surface area contributed by atoms with Crippen molar-refractivity contribution in [3.05, 3.63) is 70.8 Å². The van der Waals surface area contributed by atoms with Crippen molar-refractivity contribution < 1.29 is 18.3 Å². The Balaban J connectivity index is 1.78. The molecule has 23 heavy (non-hydrogen) atoms. The molecule has 3 rings (SSSR count). The molecule has 5 heteroatoms. The second-order valence-corrected chi connectivity index (χ2v) is 5.55. The molecule has 1 aliphatic heterocycles. The quantitative estimate of drug-likeness (QED) is 0.812. The number of hydrogen-bond donors (Lipinski definition) is 0. The van der Waals surface area contributed by atoms with Gasteiger partial charge in [0.1, 0.15) is 0 Å². The van der Waals surface area contributed by atoms with Gasteiger partial charge in [0.2, 0.25) is 0 Å². The number of halogens is 2. The summed E-state index contributed by atoms with van der Waals surface area (Å²) in [6, 6.07) is 10.5. The van der Waals surface area contributed by atoms with Crippen LogP contribution in [0.25, 0.3) is 0 Å². The van der Waals surface area contributed by atoms with E-state index in [-0.39, 0.29) is 11.3 Å². The van der Waals surface area contributed by atoms with Gasteiger partial charge in [0.25, 0.3) is 0 Å². The van der Waals surface area contributed by atoms with E-state index in [1.807, 2.05) is 12.1 Å². The van der Waals surface area contributed by atoms with Crippen molar-refractivity contribution in [3.8, 4) is 0 Å². The van der Waals surface area contributed by atoms with Gasteiger partial charge in [-0.1, -0.05) is 18.2 Å². The molecule has 0 aliphatic carbocycles. The number of ether oxygens (including phenoxy) is 1. The predicted molar refractivity (Wildman–Crippen MR) is 82.3 cm³/mol. The number of nitrogens with zero attached hydrogens (tertiary/aromatic N) is 1. The molecule has 0 spiro atoms. The van der Waals surface area contributed by atoms with Crippen molar-refractivity contribution in [3.63, 3.8) is 0 Å². The second kappa shape index (κ2) is 6.98. The average molecular weight is 317 g/mol. The molecule has 2 aromatic rings. The molecule has 1 saturated heterocycles. The smallest absolute Gasteiger partial charge is 0.193 e. The van der Waals surface area contributed by atoms with Gasteiger partial charge in [-0.05, 0) is 29.8 Å². The van der Waals surface area contributed by atoms with Crippen LogP contribution >= 0.6 is 0 Å². The Hall–Kier alpha value is -2.11. The highest BCUT2D eigenvalue weighted by atomic mass is 19.2. The number of benzene rings is 2. The van der Waals surface area contributed by atoms with Gasteiger partial charge in [0.15, 0.2) is 17.4 Å². The summed E-state index contributed by atoms with van der Waals surface area (Å²) in [5, 5.41) is 0. The minimum Gasteiger partial charge on any atom is -0.379 e. The molecule has 120 valence electrons. The van der Waals surface area contributed by atoms with E-state index in [2.05, 4.69) is 4.90 Å². The summed E-state index contributed by atoms with van der Waals surface area (Å²) in [6.07, 6.45) is 0. The standard InChI is InChI=1S/C18H17F2NO2/c19-16-5-4-15(11-17(16)20)18(22)14-3-1-2-13(10-14)12-21-6-8-23-9-7-21/h1-5,10-11H,6-9,12H2. The van der Waals surface area contributed by atoms with E-state index in [0.717, 1.165) is 37.3 Å². The van der Waals surface area contributed by atoms with Gasteiger partial charge >= 0.3 is 0 Å². The van der Waals surface area contributed by atoms with Crippen molar-refractivity contribution in [2.45, 2.75) is 6.54 Å². The van der Waals surface area contributed by atoms with Crippen LogP contribution in [0.5, 0.6) is 0 Å². The maximum Gasteiger partial charge on any atom is 0.193 e. The first-order valence-electron chi connectivity index (χ1n) is 7.52. The SMILES string of the molecule is O=C(c1cccc(CN2CCOCC2)c1)c1ccc(F)c(F)c1. The summed E-state index contributed by atoms with van der Waals surface area (Å²) in [5.41, 5.74) is 1.63. The highest BCUT2D eigenvalue weighted by Gasteiger charge is 2.14. The van der Waals surface area contributed by atoms with E-state index in [1.165, 1.54) is 6.07 Å². The lowest BCUT2D eigenvalue weighted by atomic mass is 10.0. The Morgan fingerprint density at radius 1 is 1.00 bits per heavy atom. The fraction of sp³-hybridized carbons (Fsp3) is 0.278. The number of carbonyl (C=O) groups is 1. The lowest BCUT2D eigenvalue weighted by Crippen LogP contribution is -2.35. The summed E-state index contributed by atoms with van der Waals surface area (Å²) in [4.78, 5) is 14.7. The number of carbonyl (C=O) groups excluding carboxylic acids is 1. The Bertz CT molecular complexity index is 712. The normalized spacial score (nSPS) is 15.6. The molecule has 0 aromatic heterocycles. The topological polar surface area (TPSA) is 29.5 Å². The predicted octanol–water partition coefficient (Wildman–Crippen LogP) is 3.03. The van der Waals surface area contributed by atoms with Gasteiger partial charge in [0.05, 0.1) is 13.2 Å². The first kappa shape index (κ1) is 15.8. The molecular weight excluding hydrogens is 300 g/mol. The zero-order valence-electron chi connectivity index (χ0n) is 12.6. The van der Waals surface area contributed by atoms with Gasteiger partial charge in [-0.15, -0.1) is 0 Å². The molecule has 0 bridgehead atoms. The maximum absolute atomic E-state index is 13.3. The molecule has 0 radical (unpaired) electrons. The first-order valence-corrected chi connectivity index (χ1v) is 7.52. The van der Waals surface area contributed by atoms with Crippen LogP contribution in [0.15, 0.2) is 42.5 Å². The van der Waals surface area contributed by atoms with Gasteiger partial charge < -0.3 is 4.74 Å². The van der Waals surface area contributed by atoms with E-state index < -0.39 is 11.6 Å². The zero-order valence-corrected chi connectivity index (χ0v) is 12.6. The molecule has 1 fully saturated rings. The van der Waals surface area contributed by atoms with Crippen LogP contribution in [0.3, 0.4) is 0 Å². The van der Waals surface area contributed by atoms with Crippen LogP contribution < -0.4 is 0 Å². The molecule has 0 N–H and O–H groups in total. The van der Waals surface area contributed by atoms with Gasteiger partial charge in [-0.2, -0.15) is 0 Å². The molecule has 0 amide bonds. The van der Waals surface area contributed by atoms with Crippen LogP contribution in [0, 0.1) is 11.6 Å². The third-order valence-electron chi connectivity index (χ3n) is 3.88. The molecule has 2 aromatic carbocycles. The maximum atomic E-state index is 13.3. The first-order chi connectivity index (χ1) is 11.1. The van der Waals surface area contributed by atoms with Crippen molar-refractivity contribution in [1.82, 2.24) is 4.90 Å². The van der Waals surface area contributed by atoms with Crippen LogP contribution in [-0.4, -0.2) is 37.0 Å². The Morgan fingerprint density at radius 3 is 2.48 bits per heavy atom. The number of hydrogen-bond acceptors (Lipinski definition) is 3. The summed E-state index contributed by atoms with van der Waals surface area (Å²) in [7, 11) is 0. The van der Waals surface area contributed by atoms with Crippen LogP contribution in [0.4, 0.5) is 8.78 Å². The Morgan fingerprint density at radius 2 is 1.74 bits per heavy atom.